The second kappa shape index (κ2) is 7.58. The van der Waals surface area contributed by atoms with Gasteiger partial charge in [0.05, 0.1) is 22.3 Å². The van der Waals surface area contributed by atoms with Crippen molar-refractivity contribution in [3.63, 3.8) is 0 Å². The molecule has 0 spiro atoms. The van der Waals surface area contributed by atoms with Crippen molar-refractivity contribution in [3.8, 4) is 10.6 Å². The molecule has 4 aromatic heterocycles. The Bertz CT molecular complexity index is 1270. The maximum absolute atomic E-state index is 12.3. The lowest BCUT2D eigenvalue weighted by Crippen LogP contribution is -2.42. The summed E-state index contributed by atoms with van der Waals surface area (Å²) in [5, 5.41) is 11.6. The Balaban J connectivity index is 1.31. The second-order valence-corrected chi connectivity index (χ2v) is 10.5. The van der Waals surface area contributed by atoms with Gasteiger partial charge in [-0.25, -0.2) is 9.78 Å². The van der Waals surface area contributed by atoms with Crippen LogP contribution in [0.1, 0.15) is 45.3 Å². The number of piperidine rings is 1. The predicted molar refractivity (Wildman–Crippen MR) is 126 cm³/mol. The normalized spacial score (nSPS) is 15.7. The summed E-state index contributed by atoms with van der Waals surface area (Å²) in [6.45, 7) is 9.07. The van der Waals surface area contributed by atoms with Gasteiger partial charge in [-0.15, -0.1) is 11.3 Å². The van der Waals surface area contributed by atoms with Crippen molar-refractivity contribution in [2.45, 2.75) is 52.2 Å². The molecule has 4 aromatic rings. The van der Waals surface area contributed by atoms with E-state index in [0.717, 1.165) is 50.2 Å². The molecule has 1 saturated heterocycles. The average molecular weight is 453 g/mol. The van der Waals surface area contributed by atoms with E-state index < -0.39 is 5.60 Å². The molecule has 8 nitrogen and oxygen atoms in total. The van der Waals surface area contributed by atoms with Crippen LogP contribution in [-0.2, 0) is 11.8 Å². The molecule has 1 fully saturated rings. The molecule has 0 aromatic carbocycles. The predicted octanol–water partition coefficient (Wildman–Crippen LogP) is 4.93. The summed E-state index contributed by atoms with van der Waals surface area (Å²) < 4.78 is 9.40. The lowest BCUT2D eigenvalue weighted by Gasteiger charge is -2.33. The minimum absolute atomic E-state index is 0.226. The summed E-state index contributed by atoms with van der Waals surface area (Å²) in [7, 11) is 1.93. The fourth-order valence-corrected chi connectivity index (χ4v) is 5.20. The van der Waals surface area contributed by atoms with Crippen molar-refractivity contribution >= 4 is 38.5 Å². The summed E-state index contributed by atoms with van der Waals surface area (Å²) in [5.74, 6) is 0. The van der Waals surface area contributed by atoms with Crippen molar-refractivity contribution < 1.29 is 9.53 Å². The highest BCUT2D eigenvalue weighted by atomic mass is 32.1. The van der Waals surface area contributed by atoms with E-state index in [9.17, 15) is 4.79 Å². The molecule has 0 N–H and O–H groups in total. The van der Waals surface area contributed by atoms with Crippen LogP contribution in [0, 0.1) is 6.92 Å². The molecule has 0 radical (unpaired) electrons. The van der Waals surface area contributed by atoms with Crippen molar-refractivity contribution in [2.24, 2.45) is 7.05 Å². The number of thiophene rings is 1. The first kappa shape index (κ1) is 20.9. The van der Waals surface area contributed by atoms with E-state index in [2.05, 4.69) is 28.1 Å². The third-order valence-electron chi connectivity index (χ3n) is 5.74. The molecule has 32 heavy (non-hydrogen) atoms. The second-order valence-electron chi connectivity index (χ2n) is 9.51. The number of aryl methyl sites for hydroxylation is 2. The zero-order valence-electron chi connectivity index (χ0n) is 19.1. The van der Waals surface area contributed by atoms with E-state index in [1.807, 2.05) is 45.6 Å². The van der Waals surface area contributed by atoms with Crippen LogP contribution in [0.5, 0.6) is 0 Å². The number of hydrogen-bond donors (Lipinski definition) is 0. The molecule has 1 aliphatic heterocycles. The van der Waals surface area contributed by atoms with Gasteiger partial charge in [-0.1, -0.05) is 0 Å². The van der Waals surface area contributed by atoms with Gasteiger partial charge in [0.1, 0.15) is 15.9 Å². The molecule has 0 bridgehead atoms. The standard InChI is InChI=1S/C23H28N6O2S/c1-14-20-15(12-27(5)25-20)10-18(24-14)19-11-16-13-29(26-21(16)32-19)17-6-8-28(9-7-17)22(30)31-23(2,3)4/h10-13,17H,6-9H2,1-5H3. The molecule has 5 rings (SSSR count). The number of pyridine rings is 1. The number of fused-ring (bicyclic) bond motifs is 2. The van der Waals surface area contributed by atoms with Crippen LogP contribution < -0.4 is 0 Å². The molecule has 1 aliphatic rings. The lowest BCUT2D eigenvalue weighted by molar-refractivity contribution is 0.0185. The Morgan fingerprint density at radius 1 is 1.12 bits per heavy atom. The number of hydrogen-bond acceptors (Lipinski definition) is 6. The Morgan fingerprint density at radius 3 is 2.56 bits per heavy atom. The quantitative estimate of drug-likeness (QED) is 0.431. The van der Waals surface area contributed by atoms with Gasteiger partial charge in [0.2, 0.25) is 0 Å². The fourth-order valence-electron chi connectivity index (χ4n) is 4.23. The third kappa shape index (κ3) is 3.97. The maximum Gasteiger partial charge on any atom is 0.410 e. The molecule has 168 valence electrons. The van der Waals surface area contributed by atoms with Crippen molar-refractivity contribution in [1.29, 1.82) is 0 Å². The van der Waals surface area contributed by atoms with E-state index in [-0.39, 0.29) is 6.09 Å². The largest absolute Gasteiger partial charge is 0.444 e. The topological polar surface area (TPSA) is 78.1 Å². The zero-order valence-corrected chi connectivity index (χ0v) is 19.9. The number of likely N-dealkylation sites (tertiary alicyclic amines) is 1. The molecular formula is C23H28N6O2S. The molecule has 0 aliphatic carbocycles. The summed E-state index contributed by atoms with van der Waals surface area (Å²) in [5.41, 5.74) is 2.38. The van der Waals surface area contributed by atoms with Gasteiger partial charge < -0.3 is 9.64 Å². The van der Waals surface area contributed by atoms with Crippen LogP contribution >= 0.6 is 11.3 Å². The van der Waals surface area contributed by atoms with Gasteiger partial charge in [-0.05, 0) is 52.7 Å². The van der Waals surface area contributed by atoms with Crippen LogP contribution in [-0.4, -0.2) is 54.2 Å². The molecule has 1 amide bonds. The Labute approximate surface area is 190 Å². The van der Waals surface area contributed by atoms with Gasteiger partial charge >= 0.3 is 6.09 Å². The number of nitrogens with zero attached hydrogens (tertiary/aromatic N) is 6. The Morgan fingerprint density at radius 2 is 1.88 bits per heavy atom. The number of amides is 1. The lowest BCUT2D eigenvalue weighted by atomic mass is 10.1. The van der Waals surface area contributed by atoms with Crippen LogP contribution in [0.3, 0.4) is 0 Å². The zero-order chi connectivity index (χ0) is 22.6. The number of ether oxygens (including phenoxy) is 1. The van der Waals surface area contributed by atoms with Gasteiger partial charge in [0.25, 0.3) is 0 Å². The molecule has 0 saturated carbocycles. The van der Waals surface area contributed by atoms with Crippen molar-refractivity contribution in [3.05, 3.63) is 30.2 Å². The first-order valence-electron chi connectivity index (χ1n) is 10.9. The summed E-state index contributed by atoms with van der Waals surface area (Å²) >= 11 is 1.66. The molecule has 0 atom stereocenters. The van der Waals surface area contributed by atoms with Crippen LogP contribution in [0.25, 0.3) is 31.7 Å². The van der Waals surface area contributed by atoms with E-state index in [4.69, 9.17) is 14.8 Å². The first-order valence-corrected chi connectivity index (χ1v) is 11.8. The minimum Gasteiger partial charge on any atom is -0.444 e. The molecular weight excluding hydrogens is 424 g/mol. The van der Waals surface area contributed by atoms with Gasteiger partial charge in [-0.3, -0.25) is 9.36 Å². The highest BCUT2D eigenvalue weighted by Crippen LogP contribution is 2.35. The summed E-state index contributed by atoms with van der Waals surface area (Å²) in [4.78, 5) is 21.0. The molecule has 9 heteroatoms. The van der Waals surface area contributed by atoms with Crippen LogP contribution in [0.15, 0.2) is 24.5 Å². The highest BCUT2D eigenvalue weighted by Gasteiger charge is 2.28. The maximum atomic E-state index is 12.3. The number of carbonyl (C=O) groups is 1. The minimum atomic E-state index is -0.465. The van der Waals surface area contributed by atoms with Gasteiger partial charge in [0, 0.05) is 43.3 Å². The van der Waals surface area contributed by atoms with Gasteiger partial charge in [0.15, 0.2) is 0 Å². The van der Waals surface area contributed by atoms with Crippen LogP contribution in [0.2, 0.25) is 0 Å². The monoisotopic (exact) mass is 452 g/mol. The fraction of sp³-hybridized carbons (Fsp3) is 0.478. The van der Waals surface area contributed by atoms with E-state index in [0.29, 0.717) is 19.1 Å². The van der Waals surface area contributed by atoms with Gasteiger partial charge in [-0.2, -0.15) is 10.2 Å². The first-order chi connectivity index (χ1) is 15.2. The Hall–Kier alpha value is -2.94. The Kier molecular flexibility index (Phi) is 4.96. The summed E-state index contributed by atoms with van der Waals surface area (Å²) in [6, 6.07) is 4.56. The molecule has 5 heterocycles. The highest BCUT2D eigenvalue weighted by molar-refractivity contribution is 7.21. The number of rotatable bonds is 2. The van der Waals surface area contributed by atoms with E-state index in [1.54, 1.807) is 16.2 Å². The molecule has 0 unspecified atom stereocenters. The van der Waals surface area contributed by atoms with Crippen LogP contribution in [0.4, 0.5) is 4.79 Å². The number of carbonyl (C=O) groups excluding carboxylic acids is 1. The van der Waals surface area contributed by atoms with Crippen molar-refractivity contribution in [2.75, 3.05) is 13.1 Å². The third-order valence-corrected chi connectivity index (χ3v) is 6.80. The average Bonchev–Trinajstić information content (AvgIpc) is 3.39. The van der Waals surface area contributed by atoms with Crippen molar-refractivity contribution in [1.82, 2.24) is 29.4 Å². The van der Waals surface area contributed by atoms with E-state index >= 15 is 0 Å². The number of aromatic nitrogens is 5. The summed E-state index contributed by atoms with van der Waals surface area (Å²) in [6.07, 6.45) is 5.67. The SMILES string of the molecule is Cc1nc(-c2cc3cn(C4CCN(C(=O)OC(C)(C)C)CC4)nc3s2)cc2cn(C)nc12. The smallest absolute Gasteiger partial charge is 0.410 e. The van der Waals surface area contributed by atoms with E-state index in [1.165, 1.54) is 0 Å².